The number of hydrogen-bond donors (Lipinski definition) is 2. The van der Waals surface area contributed by atoms with Crippen LogP contribution in [0.5, 0.6) is 0 Å². The third-order valence-corrected chi connectivity index (χ3v) is 4.34. The van der Waals surface area contributed by atoms with Crippen molar-refractivity contribution in [2.45, 2.75) is 26.3 Å². The standard InChI is InChI=1S/C14H23N3O4/c1-14(2,8-18)13(21)16-6-10(7-16)17-5-9(4-11(17)19)12(20)15-3/h9-10,18H,4-8H2,1-3H3,(H,15,20). The number of likely N-dealkylation sites (tertiary alicyclic amines) is 2. The van der Waals surface area contributed by atoms with Crippen molar-refractivity contribution in [2.24, 2.45) is 11.3 Å². The molecule has 0 saturated carbocycles. The number of carbonyl (C=O) groups is 3. The minimum Gasteiger partial charge on any atom is -0.395 e. The van der Waals surface area contributed by atoms with Crippen LogP contribution in [0, 0.1) is 11.3 Å². The molecule has 7 heteroatoms. The molecule has 1 atom stereocenters. The molecule has 2 rings (SSSR count). The molecule has 2 aliphatic rings. The summed E-state index contributed by atoms with van der Waals surface area (Å²) in [6, 6.07) is -0.00870. The Balaban J connectivity index is 1.89. The highest BCUT2D eigenvalue weighted by molar-refractivity contribution is 5.89. The first-order valence-electron chi connectivity index (χ1n) is 7.21. The largest absolute Gasteiger partial charge is 0.395 e. The van der Waals surface area contributed by atoms with Crippen LogP contribution in [0.2, 0.25) is 0 Å². The van der Waals surface area contributed by atoms with Gasteiger partial charge in [-0.2, -0.15) is 0 Å². The summed E-state index contributed by atoms with van der Waals surface area (Å²) in [6.45, 7) is 4.59. The molecule has 118 valence electrons. The maximum absolute atomic E-state index is 12.1. The molecule has 3 amide bonds. The van der Waals surface area contributed by atoms with Gasteiger partial charge in [0.1, 0.15) is 0 Å². The van der Waals surface area contributed by atoms with Crippen molar-refractivity contribution in [1.29, 1.82) is 0 Å². The molecule has 0 aromatic carbocycles. The van der Waals surface area contributed by atoms with E-state index >= 15 is 0 Å². The van der Waals surface area contributed by atoms with Crippen molar-refractivity contribution in [3.8, 4) is 0 Å². The predicted octanol–water partition coefficient (Wildman–Crippen LogP) is -1.19. The van der Waals surface area contributed by atoms with Gasteiger partial charge in [0, 0.05) is 33.1 Å². The van der Waals surface area contributed by atoms with E-state index < -0.39 is 5.41 Å². The number of nitrogens with zero attached hydrogens (tertiary/aromatic N) is 2. The average molecular weight is 297 g/mol. The first-order chi connectivity index (χ1) is 9.80. The number of aliphatic hydroxyl groups excluding tert-OH is 1. The van der Waals surface area contributed by atoms with Gasteiger partial charge in [-0.3, -0.25) is 14.4 Å². The molecule has 7 nitrogen and oxygen atoms in total. The molecule has 2 aliphatic heterocycles. The lowest BCUT2D eigenvalue weighted by molar-refractivity contribution is -0.153. The normalized spacial score (nSPS) is 23.2. The molecule has 1 unspecified atom stereocenters. The molecule has 0 aliphatic carbocycles. The molecule has 21 heavy (non-hydrogen) atoms. The summed E-state index contributed by atoms with van der Waals surface area (Å²) in [5, 5.41) is 11.8. The van der Waals surface area contributed by atoms with Crippen LogP contribution in [0.25, 0.3) is 0 Å². The van der Waals surface area contributed by atoms with Crippen LogP contribution in [0.15, 0.2) is 0 Å². The highest BCUT2D eigenvalue weighted by Gasteiger charge is 2.45. The third kappa shape index (κ3) is 2.88. The van der Waals surface area contributed by atoms with Gasteiger partial charge in [-0.15, -0.1) is 0 Å². The molecule has 0 aromatic rings. The lowest BCUT2D eigenvalue weighted by atomic mass is 9.90. The van der Waals surface area contributed by atoms with Gasteiger partial charge in [-0.1, -0.05) is 0 Å². The van der Waals surface area contributed by atoms with Crippen molar-refractivity contribution >= 4 is 17.7 Å². The number of carbonyl (C=O) groups excluding carboxylic acids is 3. The summed E-state index contributed by atoms with van der Waals surface area (Å²) < 4.78 is 0. The summed E-state index contributed by atoms with van der Waals surface area (Å²) in [5.41, 5.74) is -0.787. The first kappa shape index (κ1) is 15.8. The van der Waals surface area contributed by atoms with E-state index in [1.807, 2.05) is 0 Å². The smallest absolute Gasteiger partial charge is 0.230 e. The van der Waals surface area contributed by atoms with Gasteiger partial charge in [0.25, 0.3) is 0 Å². The van der Waals surface area contributed by atoms with Gasteiger partial charge in [0.2, 0.25) is 17.7 Å². The Bertz CT molecular complexity index is 457. The molecule has 0 radical (unpaired) electrons. The van der Waals surface area contributed by atoms with Crippen molar-refractivity contribution in [2.75, 3.05) is 33.3 Å². The van der Waals surface area contributed by atoms with E-state index in [9.17, 15) is 19.5 Å². The van der Waals surface area contributed by atoms with Crippen molar-refractivity contribution in [3.05, 3.63) is 0 Å². The molecule has 2 N–H and O–H groups in total. The van der Waals surface area contributed by atoms with Gasteiger partial charge >= 0.3 is 0 Å². The molecule has 0 aromatic heterocycles. The molecular weight excluding hydrogens is 274 g/mol. The van der Waals surface area contributed by atoms with E-state index in [1.165, 1.54) is 0 Å². The highest BCUT2D eigenvalue weighted by Crippen LogP contribution is 2.28. The Kier molecular flexibility index (Phi) is 4.22. The Morgan fingerprint density at radius 3 is 2.48 bits per heavy atom. The van der Waals surface area contributed by atoms with Crippen LogP contribution in [0.4, 0.5) is 0 Å². The number of rotatable bonds is 4. The van der Waals surface area contributed by atoms with E-state index in [0.717, 1.165) is 0 Å². The highest BCUT2D eigenvalue weighted by atomic mass is 16.3. The van der Waals surface area contributed by atoms with Gasteiger partial charge in [0.15, 0.2) is 0 Å². The van der Waals surface area contributed by atoms with E-state index in [0.29, 0.717) is 19.6 Å². The minimum atomic E-state index is -0.787. The second-order valence-electron chi connectivity index (χ2n) is 6.47. The Morgan fingerprint density at radius 1 is 1.33 bits per heavy atom. The van der Waals surface area contributed by atoms with E-state index in [2.05, 4.69) is 5.32 Å². The van der Waals surface area contributed by atoms with Crippen LogP contribution in [-0.4, -0.2) is 72.0 Å². The topological polar surface area (TPSA) is 90.0 Å². The maximum atomic E-state index is 12.1. The van der Waals surface area contributed by atoms with Crippen molar-refractivity contribution < 1.29 is 19.5 Å². The zero-order valence-electron chi connectivity index (χ0n) is 12.8. The second kappa shape index (κ2) is 5.63. The fraction of sp³-hybridized carbons (Fsp3) is 0.786. The van der Waals surface area contributed by atoms with E-state index in [-0.39, 0.29) is 42.7 Å². The molecule has 0 bridgehead atoms. The Morgan fingerprint density at radius 2 is 1.95 bits per heavy atom. The van der Waals surface area contributed by atoms with Gasteiger partial charge in [0.05, 0.1) is 24.0 Å². The van der Waals surface area contributed by atoms with Gasteiger partial charge < -0.3 is 20.2 Å². The van der Waals surface area contributed by atoms with Crippen LogP contribution in [-0.2, 0) is 14.4 Å². The fourth-order valence-electron chi connectivity index (χ4n) is 2.78. The first-order valence-corrected chi connectivity index (χ1v) is 7.21. The quantitative estimate of drug-likeness (QED) is 0.683. The molecular formula is C14H23N3O4. The SMILES string of the molecule is CNC(=O)C1CC(=O)N(C2CN(C(=O)C(C)(C)CO)C2)C1. The van der Waals surface area contributed by atoms with Gasteiger partial charge in [-0.05, 0) is 13.8 Å². The lowest BCUT2D eigenvalue weighted by Gasteiger charge is -2.46. The number of aliphatic hydroxyl groups is 1. The fourth-order valence-corrected chi connectivity index (χ4v) is 2.78. The average Bonchev–Trinajstić information content (AvgIpc) is 2.78. The summed E-state index contributed by atoms with van der Waals surface area (Å²) in [4.78, 5) is 39.1. The van der Waals surface area contributed by atoms with Gasteiger partial charge in [-0.25, -0.2) is 0 Å². The second-order valence-corrected chi connectivity index (χ2v) is 6.47. The maximum Gasteiger partial charge on any atom is 0.230 e. The molecule has 2 heterocycles. The summed E-state index contributed by atoms with van der Waals surface area (Å²) in [6.07, 6.45) is 0.242. The van der Waals surface area contributed by atoms with Crippen LogP contribution < -0.4 is 5.32 Å². The van der Waals surface area contributed by atoms with E-state index in [4.69, 9.17) is 0 Å². The van der Waals surface area contributed by atoms with Crippen LogP contribution >= 0.6 is 0 Å². The zero-order chi connectivity index (χ0) is 15.8. The van der Waals surface area contributed by atoms with Crippen molar-refractivity contribution in [1.82, 2.24) is 15.1 Å². The third-order valence-electron chi connectivity index (χ3n) is 4.34. The minimum absolute atomic E-state index is 0.00870. The molecule has 2 saturated heterocycles. The van der Waals surface area contributed by atoms with E-state index in [1.54, 1.807) is 30.7 Å². The van der Waals surface area contributed by atoms with Crippen LogP contribution in [0.1, 0.15) is 20.3 Å². The zero-order valence-corrected chi connectivity index (χ0v) is 12.8. The lowest BCUT2D eigenvalue weighted by Crippen LogP contribution is -2.63. The monoisotopic (exact) mass is 297 g/mol. The summed E-state index contributed by atoms with van der Waals surface area (Å²) in [5.74, 6) is -0.529. The summed E-state index contributed by atoms with van der Waals surface area (Å²) in [7, 11) is 1.57. The number of hydrogen-bond acceptors (Lipinski definition) is 4. The molecule has 2 fully saturated rings. The predicted molar refractivity (Wildman–Crippen MR) is 75.1 cm³/mol. The number of nitrogens with one attached hydrogen (secondary N) is 1. The van der Waals surface area contributed by atoms with Crippen LogP contribution in [0.3, 0.4) is 0 Å². The van der Waals surface area contributed by atoms with Crippen molar-refractivity contribution in [3.63, 3.8) is 0 Å². The summed E-state index contributed by atoms with van der Waals surface area (Å²) >= 11 is 0. The molecule has 0 spiro atoms. The Labute approximate surface area is 124 Å². The Hall–Kier alpha value is -1.63. The number of amides is 3.